The third-order valence-electron chi connectivity index (χ3n) is 2.17. The minimum atomic E-state index is 0.834. The van der Waals surface area contributed by atoms with Crippen molar-refractivity contribution >= 4 is 0 Å². The van der Waals surface area contributed by atoms with Gasteiger partial charge in [-0.2, -0.15) is 0 Å². The van der Waals surface area contributed by atoms with E-state index in [1.807, 2.05) is 6.08 Å². The lowest BCUT2D eigenvalue weighted by atomic mass is 10.3. The second kappa shape index (κ2) is 7.10. The molecule has 0 aromatic heterocycles. The molecule has 1 aliphatic carbocycles. The zero-order valence-electron chi connectivity index (χ0n) is 8.43. The molecule has 0 heterocycles. The molecule has 0 radical (unpaired) electrons. The van der Waals surface area contributed by atoms with Crippen molar-refractivity contribution < 1.29 is 4.74 Å². The molecular formula is C11H21NO. The summed E-state index contributed by atoms with van der Waals surface area (Å²) in [5.74, 6) is 0. The van der Waals surface area contributed by atoms with Gasteiger partial charge in [0.25, 0.3) is 0 Å². The average molecular weight is 183 g/mol. The van der Waals surface area contributed by atoms with E-state index in [0.29, 0.717) is 0 Å². The van der Waals surface area contributed by atoms with Gasteiger partial charge in [0.1, 0.15) is 0 Å². The van der Waals surface area contributed by atoms with Crippen LogP contribution < -0.4 is 5.32 Å². The Labute approximate surface area is 81.4 Å². The highest BCUT2D eigenvalue weighted by atomic mass is 16.5. The minimum absolute atomic E-state index is 0.834. The number of nitrogens with one attached hydrogen (secondary N) is 1. The predicted octanol–water partition coefficient (Wildman–Crippen LogP) is 2.11. The predicted molar refractivity (Wildman–Crippen MR) is 55.9 cm³/mol. The Morgan fingerprint density at radius 1 is 1.31 bits per heavy atom. The summed E-state index contributed by atoms with van der Waals surface area (Å²) in [6.07, 6.45) is 8.02. The number of rotatable bonds is 9. The van der Waals surface area contributed by atoms with Gasteiger partial charge < -0.3 is 10.1 Å². The molecule has 1 N–H and O–H groups in total. The van der Waals surface area contributed by atoms with E-state index in [0.717, 1.165) is 45.1 Å². The molecule has 0 bridgehead atoms. The Bertz CT molecular complexity index is 132. The van der Waals surface area contributed by atoms with Gasteiger partial charge in [-0.25, -0.2) is 0 Å². The molecule has 0 aliphatic heterocycles. The zero-order chi connectivity index (χ0) is 9.36. The summed E-state index contributed by atoms with van der Waals surface area (Å²) >= 11 is 0. The molecule has 76 valence electrons. The third-order valence-corrected chi connectivity index (χ3v) is 2.17. The standard InChI is InChI=1S/C11H21NO/c1-2-3-4-9-13-10-5-8-12-11-6-7-11/h2,11-12H,1,3-10H2. The smallest absolute Gasteiger partial charge is 0.0478 e. The molecule has 2 heteroatoms. The van der Waals surface area contributed by atoms with Crippen molar-refractivity contribution in [2.45, 2.75) is 38.1 Å². The molecule has 0 saturated heterocycles. The molecule has 0 unspecified atom stereocenters. The Morgan fingerprint density at radius 3 is 2.77 bits per heavy atom. The topological polar surface area (TPSA) is 21.3 Å². The maximum absolute atomic E-state index is 5.45. The fraction of sp³-hybridized carbons (Fsp3) is 0.818. The van der Waals surface area contributed by atoms with Gasteiger partial charge >= 0.3 is 0 Å². The van der Waals surface area contributed by atoms with E-state index >= 15 is 0 Å². The zero-order valence-corrected chi connectivity index (χ0v) is 8.43. The van der Waals surface area contributed by atoms with Gasteiger partial charge in [-0.05, 0) is 38.6 Å². The largest absolute Gasteiger partial charge is 0.381 e. The number of hydrogen-bond donors (Lipinski definition) is 1. The monoisotopic (exact) mass is 183 g/mol. The fourth-order valence-corrected chi connectivity index (χ4v) is 1.20. The summed E-state index contributed by atoms with van der Waals surface area (Å²) in [6, 6.07) is 0.834. The Morgan fingerprint density at radius 2 is 2.08 bits per heavy atom. The lowest BCUT2D eigenvalue weighted by Crippen LogP contribution is -2.18. The van der Waals surface area contributed by atoms with E-state index in [1.165, 1.54) is 12.8 Å². The van der Waals surface area contributed by atoms with E-state index in [1.54, 1.807) is 0 Å². The van der Waals surface area contributed by atoms with Crippen LogP contribution in [0.25, 0.3) is 0 Å². The van der Waals surface area contributed by atoms with Crippen molar-refractivity contribution in [3.05, 3.63) is 12.7 Å². The quantitative estimate of drug-likeness (QED) is 0.436. The summed E-state index contributed by atoms with van der Waals surface area (Å²) in [5.41, 5.74) is 0. The molecule has 0 spiro atoms. The minimum Gasteiger partial charge on any atom is -0.381 e. The summed E-state index contributed by atoms with van der Waals surface area (Å²) in [5, 5.41) is 3.46. The maximum Gasteiger partial charge on any atom is 0.0478 e. The van der Waals surface area contributed by atoms with Crippen LogP contribution >= 0.6 is 0 Å². The van der Waals surface area contributed by atoms with Crippen molar-refractivity contribution in [2.75, 3.05) is 19.8 Å². The Hall–Kier alpha value is -0.340. The Kier molecular flexibility index (Phi) is 5.87. The SMILES string of the molecule is C=CCCCOCCCNC1CC1. The first-order chi connectivity index (χ1) is 6.43. The molecule has 1 fully saturated rings. The van der Waals surface area contributed by atoms with Crippen molar-refractivity contribution in [3.63, 3.8) is 0 Å². The molecule has 0 aromatic rings. The first kappa shape index (κ1) is 10.7. The van der Waals surface area contributed by atoms with E-state index in [9.17, 15) is 0 Å². The number of ether oxygens (including phenoxy) is 1. The van der Waals surface area contributed by atoms with Crippen LogP contribution in [-0.2, 0) is 4.74 Å². The van der Waals surface area contributed by atoms with Crippen LogP contribution in [0.3, 0.4) is 0 Å². The summed E-state index contributed by atoms with van der Waals surface area (Å²) < 4.78 is 5.45. The third kappa shape index (κ3) is 6.79. The molecule has 0 aromatic carbocycles. The van der Waals surface area contributed by atoms with Crippen LogP contribution in [0.1, 0.15) is 32.1 Å². The highest BCUT2D eigenvalue weighted by Gasteiger charge is 2.19. The molecule has 0 atom stereocenters. The molecule has 2 nitrogen and oxygen atoms in total. The summed E-state index contributed by atoms with van der Waals surface area (Å²) in [7, 11) is 0. The van der Waals surface area contributed by atoms with Crippen LogP contribution in [0.2, 0.25) is 0 Å². The molecule has 0 amide bonds. The van der Waals surface area contributed by atoms with Crippen LogP contribution in [0.15, 0.2) is 12.7 Å². The fourth-order valence-electron chi connectivity index (χ4n) is 1.20. The van der Waals surface area contributed by atoms with Crippen LogP contribution in [0.5, 0.6) is 0 Å². The molecule has 13 heavy (non-hydrogen) atoms. The van der Waals surface area contributed by atoms with Gasteiger partial charge in [0.2, 0.25) is 0 Å². The van der Waals surface area contributed by atoms with E-state index in [2.05, 4.69) is 11.9 Å². The van der Waals surface area contributed by atoms with Gasteiger partial charge in [-0.15, -0.1) is 6.58 Å². The lowest BCUT2D eigenvalue weighted by Gasteiger charge is -2.03. The first-order valence-electron chi connectivity index (χ1n) is 5.35. The van der Waals surface area contributed by atoms with Gasteiger partial charge in [0, 0.05) is 19.3 Å². The Balaban J connectivity index is 1.65. The molecular weight excluding hydrogens is 162 g/mol. The van der Waals surface area contributed by atoms with Gasteiger partial charge in [-0.3, -0.25) is 0 Å². The van der Waals surface area contributed by atoms with Crippen LogP contribution in [0.4, 0.5) is 0 Å². The number of unbranched alkanes of at least 4 members (excludes halogenated alkanes) is 1. The van der Waals surface area contributed by atoms with Crippen molar-refractivity contribution in [1.29, 1.82) is 0 Å². The van der Waals surface area contributed by atoms with Crippen molar-refractivity contribution in [1.82, 2.24) is 5.32 Å². The second-order valence-electron chi connectivity index (χ2n) is 3.63. The summed E-state index contributed by atoms with van der Waals surface area (Å²) in [4.78, 5) is 0. The normalized spacial score (nSPS) is 16.0. The maximum atomic E-state index is 5.45. The van der Waals surface area contributed by atoms with Gasteiger partial charge in [0.15, 0.2) is 0 Å². The molecule has 1 saturated carbocycles. The van der Waals surface area contributed by atoms with Crippen molar-refractivity contribution in [3.8, 4) is 0 Å². The lowest BCUT2D eigenvalue weighted by molar-refractivity contribution is 0.130. The molecule has 1 aliphatic rings. The van der Waals surface area contributed by atoms with Crippen LogP contribution in [0, 0.1) is 0 Å². The number of allylic oxidation sites excluding steroid dienone is 1. The van der Waals surface area contributed by atoms with Crippen LogP contribution in [-0.4, -0.2) is 25.8 Å². The summed E-state index contributed by atoms with van der Waals surface area (Å²) in [6.45, 7) is 6.57. The van der Waals surface area contributed by atoms with E-state index in [-0.39, 0.29) is 0 Å². The highest BCUT2D eigenvalue weighted by molar-refractivity contribution is 4.80. The van der Waals surface area contributed by atoms with E-state index < -0.39 is 0 Å². The van der Waals surface area contributed by atoms with Gasteiger partial charge in [0.05, 0.1) is 0 Å². The first-order valence-corrected chi connectivity index (χ1v) is 5.35. The molecule has 1 rings (SSSR count). The van der Waals surface area contributed by atoms with Gasteiger partial charge in [-0.1, -0.05) is 6.08 Å². The second-order valence-corrected chi connectivity index (χ2v) is 3.63. The average Bonchev–Trinajstić information content (AvgIpc) is 2.93. The highest BCUT2D eigenvalue weighted by Crippen LogP contribution is 2.18. The number of hydrogen-bond acceptors (Lipinski definition) is 2. The van der Waals surface area contributed by atoms with Crippen molar-refractivity contribution in [2.24, 2.45) is 0 Å². The van der Waals surface area contributed by atoms with E-state index in [4.69, 9.17) is 4.74 Å².